The smallest absolute Gasteiger partial charge is 0.287 e. The van der Waals surface area contributed by atoms with Crippen LogP contribution in [0.25, 0.3) is 0 Å². The molecule has 1 saturated carbocycles. The summed E-state index contributed by atoms with van der Waals surface area (Å²) in [5.41, 5.74) is 1.53. The lowest BCUT2D eigenvalue weighted by Crippen LogP contribution is -2.14. The summed E-state index contributed by atoms with van der Waals surface area (Å²) in [6.07, 6.45) is 3.55. The highest BCUT2D eigenvalue weighted by atomic mass is 16.6. The monoisotopic (exact) mass is 222 g/mol. The van der Waals surface area contributed by atoms with E-state index in [2.05, 4.69) is 4.98 Å². The standard InChI is InChI=1S/C11H14N2O3/c1-7-4-9(13(15)16)6-12-10(7)5-11(14)8-2-3-8/h4,6,8,11,14H,2-3,5H2,1H3. The normalized spacial score (nSPS) is 17.1. The van der Waals surface area contributed by atoms with Crippen LogP contribution in [0.3, 0.4) is 0 Å². The van der Waals surface area contributed by atoms with Gasteiger partial charge < -0.3 is 5.11 Å². The summed E-state index contributed by atoms with van der Waals surface area (Å²) in [7, 11) is 0. The Morgan fingerprint density at radius 1 is 1.69 bits per heavy atom. The molecule has 5 heteroatoms. The van der Waals surface area contributed by atoms with Crippen LogP contribution in [0.5, 0.6) is 0 Å². The molecule has 5 nitrogen and oxygen atoms in total. The van der Waals surface area contributed by atoms with Gasteiger partial charge in [0.25, 0.3) is 5.69 Å². The topological polar surface area (TPSA) is 76.3 Å². The highest BCUT2D eigenvalue weighted by molar-refractivity contribution is 5.33. The van der Waals surface area contributed by atoms with Crippen molar-refractivity contribution in [2.45, 2.75) is 32.3 Å². The Kier molecular flexibility index (Phi) is 2.87. The Hall–Kier alpha value is -1.49. The number of nitro groups is 1. The molecule has 1 fully saturated rings. The van der Waals surface area contributed by atoms with E-state index in [4.69, 9.17) is 0 Å². The summed E-state index contributed by atoms with van der Waals surface area (Å²) in [6, 6.07) is 1.50. The first-order valence-corrected chi connectivity index (χ1v) is 5.36. The summed E-state index contributed by atoms with van der Waals surface area (Å²) in [5.74, 6) is 0.399. The molecule has 1 aromatic heterocycles. The number of aromatic nitrogens is 1. The highest BCUT2D eigenvalue weighted by Crippen LogP contribution is 2.34. The van der Waals surface area contributed by atoms with Crippen LogP contribution < -0.4 is 0 Å². The molecular formula is C11H14N2O3. The second-order valence-corrected chi connectivity index (χ2v) is 4.32. The molecular weight excluding hydrogens is 208 g/mol. The second-order valence-electron chi connectivity index (χ2n) is 4.32. The Bertz CT molecular complexity index is 416. The van der Waals surface area contributed by atoms with Gasteiger partial charge in [-0.1, -0.05) is 0 Å². The van der Waals surface area contributed by atoms with Crippen LogP contribution in [-0.4, -0.2) is 21.1 Å². The van der Waals surface area contributed by atoms with Crippen molar-refractivity contribution < 1.29 is 10.0 Å². The molecule has 86 valence electrons. The lowest BCUT2D eigenvalue weighted by Gasteiger charge is -2.10. The summed E-state index contributed by atoms with van der Waals surface area (Å²) in [5, 5.41) is 20.3. The minimum Gasteiger partial charge on any atom is -0.392 e. The third-order valence-electron chi connectivity index (χ3n) is 2.95. The van der Waals surface area contributed by atoms with E-state index in [0.717, 1.165) is 24.1 Å². The zero-order valence-corrected chi connectivity index (χ0v) is 9.09. The maximum Gasteiger partial charge on any atom is 0.287 e. The SMILES string of the molecule is Cc1cc([N+](=O)[O-])cnc1CC(O)C1CC1. The maximum atomic E-state index is 10.5. The van der Waals surface area contributed by atoms with E-state index in [9.17, 15) is 15.2 Å². The van der Waals surface area contributed by atoms with Crippen molar-refractivity contribution in [1.82, 2.24) is 4.98 Å². The lowest BCUT2D eigenvalue weighted by molar-refractivity contribution is -0.385. The summed E-state index contributed by atoms with van der Waals surface area (Å²) < 4.78 is 0. The number of rotatable bonds is 4. The van der Waals surface area contributed by atoms with E-state index >= 15 is 0 Å². The van der Waals surface area contributed by atoms with Crippen LogP contribution >= 0.6 is 0 Å². The molecule has 2 rings (SSSR count). The lowest BCUT2D eigenvalue weighted by atomic mass is 10.1. The molecule has 1 unspecified atom stereocenters. The molecule has 0 saturated heterocycles. The first kappa shape index (κ1) is 11.0. The summed E-state index contributed by atoms with van der Waals surface area (Å²) in [6.45, 7) is 1.79. The number of hydrogen-bond acceptors (Lipinski definition) is 4. The van der Waals surface area contributed by atoms with Crippen LogP contribution in [0.4, 0.5) is 5.69 Å². The van der Waals surface area contributed by atoms with Crippen LogP contribution in [0.15, 0.2) is 12.3 Å². The molecule has 1 aliphatic rings. The second kappa shape index (κ2) is 4.17. The number of aliphatic hydroxyl groups is 1. The Morgan fingerprint density at radius 2 is 2.38 bits per heavy atom. The molecule has 0 spiro atoms. The van der Waals surface area contributed by atoms with Gasteiger partial charge in [0, 0.05) is 18.2 Å². The Labute approximate surface area is 93.3 Å². The van der Waals surface area contributed by atoms with Crippen molar-refractivity contribution in [2.75, 3.05) is 0 Å². The van der Waals surface area contributed by atoms with E-state index in [0.29, 0.717) is 12.3 Å². The van der Waals surface area contributed by atoms with Gasteiger partial charge in [-0.25, -0.2) is 0 Å². The third-order valence-corrected chi connectivity index (χ3v) is 2.95. The van der Waals surface area contributed by atoms with Gasteiger partial charge in [0.1, 0.15) is 6.20 Å². The quantitative estimate of drug-likeness (QED) is 0.620. The van der Waals surface area contributed by atoms with Crippen molar-refractivity contribution >= 4 is 5.69 Å². The Balaban J connectivity index is 2.12. The first-order valence-electron chi connectivity index (χ1n) is 5.36. The Morgan fingerprint density at radius 3 is 2.88 bits per heavy atom. The minimum atomic E-state index is -0.457. The van der Waals surface area contributed by atoms with Gasteiger partial charge in [-0.05, 0) is 31.2 Å². The van der Waals surface area contributed by atoms with Gasteiger partial charge >= 0.3 is 0 Å². The number of nitrogens with zero attached hydrogens (tertiary/aromatic N) is 2. The predicted octanol–water partition coefficient (Wildman–Crippen LogP) is 1.61. The van der Waals surface area contributed by atoms with Gasteiger partial charge in [0.15, 0.2) is 0 Å². The van der Waals surface area contributed by atoms with Crippen LogP contribution in [0.1, 0.15) is 24.1 Å². The summed E-state index contributed by atoms with van der Waals surface area (Å²) in [4.78, 5) is 14.1. The molecule has 1 N–H and O–H groups in total. The van der Waals surface area contributed by atoms with Crippen molar-refractivity contribution in [3.63, 3.8) is 0 Å². The highest BCUT2D eigenvalue weighted by Gasteiger charge is 2.30. The van der Waals surface area contributed by atoms with Crippen molar-refractivity contribution in [3.05, 3.63) is 33.6 Å². The van der Waals surface area contributed by atoms with Gasteiger partial charge in [-0.2, -0.15) is 0 Å². The molecule has 0 aliphatic heterocycles. The zero-order valence-electron chi connectivity index (χ0n) is 9.09. The van der Waals surface area contributed by atoms with Gasteiger partial charge in [0.2, 0.25) is 0 Å². The fourth-order valence-electron chi connectivity index (χ4n) is 1.75. The maximum absolute atomic E-state index is 10.5. The molecule has 16 heavy (non-hydrogen) atoms. The molecule has 0 bridgehead atoms. The number of hydrogen-bond donors (Lipinski definition) is 1. The average molecular weight is 222 g/mol. The van der Waals surface area contributed by atoms with Crippen molar-refractivity contribution in [3.8, 4) is 0 Å². The average Bonchev–Trinajstić information content (AvgIpc) is 3.03. The fraction of sp³-hybridized carbons (Fsp3) is 0.545. The van der Waals surface area contributed by atoms with Crippen LogP contribution in [0, 0.1) is 23.0 Å². The minimum absolute atomic E-state index is 0.00200. The number of aryl methyl sites for hydroxylation is 1. The molecule has 0 aromatic carbocycles. The van der Waals surface area contributed by atoms with Gasteiger partial charge in [-0.3, -0.25) is 15.1 Å². The van der Waals surface area contributed by atoms with Crippen molar-refractivity contribution in [1.29, 1.82) is 0 Å². The van der Waals surface area contributed by atoms with Crippen LogP contribution in [0.2, 0.25) is 0 Å². The van der Waals surface area contributed by atoms with E-state index < -0.39 is 4.92 Å². The van der Waals surface area contributed by atoms with Gasteiger partial charge in [-0.15, -0.1) is 0 Å². The molecule has 1 aliphatic carbocycles. The van der Waals surface area contributed by atoms with E-state index in [1.165, 1.54) is 12.3 Å². The largest absolute Gasteiger partial charge is 0.392 e. The van der Waals surface area contributed by atoms with Crippen LogP contribution in [-0.2, 0) is 6.42 Å². The molecule has 1 heterocycles. The van der Waals surface area contributed by atoms with E-state index in [1.54, 1.807) is 6.92 Å². The van der Waals surface area contributed by atoms with E-state index in [1.807, 2.05) is 0 Å². The predicted molar refractivity (Wildman–Crippen MR) is 58.1 cm³/mol. The number of aliphatic hydroxyl groups excluding tert-OH is 1. The zero-order chi connectivity index (χ0) is 11.7. The molecule has 0 radical (unpaired) electrons. The first-order chi connectivity index (χ1) is 7.58. The molecule has 0 amide bonds. The fourth-order valence-corrected chi connectivity index (χ4v) is 1.75. The third kappa shape index (κ3) is 2.36. The summed E-state index contributed by atoms with van der Waals surface area (Å²) >= 11 is 0. The number of pyridine rings is 1. The van der Waals surface area contributed by atoms with Crippen molar-refractivity contribution in [2.24, 2.45) is 5.92 Å². The van der Waals surface area contributed by atoms with E-state index in [-0.39, 0.29) is 11.8 Å². The molecule has 1 atom stereocenters. The molecule has 1 aromatic rings. The van der Waals surface area contributed by atoms with Gasteiger partial charge in [0.05, 0.1) is 11.0 Å².